The van der Waals surface area contributed by atoms with Crippen LogP contribution >= 0.6 is 0 Å². The van der Waals surface area contributed by atoms with Gasteiger partial charge in [-0.3, -0.25) is 9.59 Å². The van der Waals surface area contributed by atoms with Crippen molar-refractivity contribution in [3.8, 4) is 0 Å². The zero-order chi connectivity index (χ0) is 26.1. The Balaban J connectivity index is 1.65. The van der Waals surface area contributed by atoms with Crippen LogP contribution in [0.25, 0.3) is 0 Å². The van der Waals surface area contributed by atoms with Crippen molar-refractivity contribution in [3.05, 3.63) is 65.7 Å². The molecule has 36 heavy (non-hydrogen) atoms. The third kappa shape index (κ3) is 7.64. The second-order valence-electron chi connectivity index (χ2n) is 9.77. The van der Waals surface area contributed by atoms with Crippen molar-refractivity contribution in [2.45, 2.75) is 82.3 Å². The third-order valence-electron chi connectivity index (χ3n) is 6.87. The number of sulfonamides is 1. The predicted octanol–water partition coefficient (Wildman–Crippen LogP) is 4.26. The van der Waals surface area contributed by atoms with Crippen molar-refractivity contribution < 1.29 is 18.0 Å². The number of amides is 2. The predicted molar refractivity (Wildman–Crippen MR) is 142 cm³/mol. The lowest BCUT2D eigenvalue weighted by Crippen LogP contribution is -2.50. The standard InChI is InChI=1S/C28H39N3O4S/c1-22-12-10-13-24(20-22)21-31(23(2)28(33)29-25-14-6-4-7-15-25)27(32)18-11-19-30(3)36(34,35)26-16-8-5-9-17-26/h5,8-10,12-13,16-17,20,23,25H,4,6-7,11,14-15,18-19,21H2,1-3H3,(H,29,33)/t23-/m1/s1. The van der Waals surface area contributed by atoms with Gasteiger partial charge in [-0.2, -0.15) is 0 Å². The number of nitrogens with one attached hydrogen (secondary N) is 1. The topological polar surface area (TPSA) is 86.8 Å². The smallest absolute Gasteiger partial charge is 0.242 e. The molecule has 2 aromatic rings. The maximum absolute atomic E-state index is 13.3. The van der Waals surface area contributed by atoms with Gasteiger partial charge in [0.2, 0.25) is 21.8 Å². The van der Waals surface area contributed by atoms with E-state index in [-0.39, 0.29) is 35.7 Å². The molecule has 1 aliphatic carbocycles. The molecule has 1 fully saturated rings. The first-order valence-electron chi connectivity index (χ1n) is 12.9. The van der Waals surface area contributed by atoms with E-state index in [1.54, 1.807) is 42.2 Å². The van der Waals surface area contributed by atoms with E-state index in [1.807, 2.05) is 31.2 Å². The van der Waals surface area contributed by atoms with Crippen LogP contribution in [0.1, 0.15) is 63.0 Å². The van der Waals surface area contributed by atoms with Crippen molar-refractivity contribution in [3.63, 3.8) is 0 Å². The summed E-state index contributed by atoms with van der Waals surface area (Å²) in [5.41, 5.74) is 2.05. The Bertz CT molecular complexity index is 1110. The summed E-state index contributed by atoms with van der Waals surface area (Å²) in [7, 11) is -2.09. The summed E-state index contributed by atoms with van der Waals surface area (Å²) >= 11 is 0. The van der Waals surface area contributed by atoms with Crippen LogP contribution in [0.3, 0.4) is 0 Å². The summed E-state index contributed by atoms with van der Waals surface area (Å²) in [5, 5.41) is 3.14. The first kappa shape index (κ1) is 27.9. The molecule has 1 saturated carbocycles. The summed E-state index contributed by atoms with van der Waals surface area (Å²) in [6.07, 6.45) is 5.91. The minimum absolute atomic E-state index is 0.133. The fourth-order valence-corrected chi connectivity index (χ4v) is 5.88. The fraction of sp³-hybridized carbons (Fsp3) is 0.500. The molecule has 0 saturated heterocycles. The molecule has 8 heteroatoms. The second kappa shape index (κ2) is 13.0. The van der Waals surface area contributed by atoms with E-state index in [1.165, 1.54) is 17.8 Å². The van der Waals surface area contributed by atoms with Gasteiger partial charge in [-0.25, -0.2) is 12.7 Å². The zero-order valence-electron chi connectivity index (χ0n) is 21.7. The van der Waals surface area contributed by atoms with E-state index >= 15 is 0 Å². The molecule has 196 valence electrons. The molecular weight excluding hydrogens is 474 g/mol. The van der Waals surface area contributed by atoms with Gasteiger partial charge in [-0.1, -0.05) is 67.3 Å². The Hall–Kier alpha value is -2.71. The van der Waals surface area contributed by atoms with Gasteiger partial charge < -0.3 is 10.2 Å². The van der Waals surface area contributed by atoms with Gasteiger partial charge in [-0.15, -0.1) is 0 Å². The molecule has 2 aromatic carbocycles. The van der Waals surface area contributed by atoms with E-state index in [0.29, 0.717) is 13.0 Å². The molecule has 1 atom stereocenters. The summed E-state index contributed by atoms with van der Waals surface area (Å²) in [6.45, 7) is 4.32. The fourth-order valence-electron chi connectivity index (χ4n) is 4.65. The van der Waals surface area contributed by atoms with Crippen LogP contribution in [0.15, 0.2) is 59.5 Å². The van der Waals surface area contributed by atoms with E-state index < -0.39 is 16.1 Å². The normalized spacial score (nSPS) is 15.4. The number of hydrogen-bond donors (Lipinski definition) is 1. The van der Waals surface area contributed by atoms with Gasteiger partial charge >= 0.3 is 0 Å². The highest BCUT2D eigenvalue weighted by Crippen LogP contribution is 2.19. The third-order valence-corrected chi connectivity index (χ3v) is 8.74. The van der Waals surface area contributed by atoms with Gasteiger partial charge in [0.1, 0.15) is 6.04 Å². The van der Waals surface area contributed by atoms with Gasteiger partial charge in [0.25, 0.3) is 0 Å². The quantitative estimate of drug-likeness (QED) is 0.486. The van der Waals surface area contributed by atoms with Crippen LogP contribution in [-0.4, -0.2) is 55.1 Å². The van der Waals surface area contributed by atoms with E-state index in [2.05, 4.69) is 5.32 Å². The van der Waals surface area contributed by atoms with Gasteiger partial charge in [0.05, 0.1) is 4.90 Å². The molecule has 7 nitrogen and oxygen atoms in total. The number of carbonyl (C=O) groups is 2. The summed E-state index contributed by atoms with van der Waals surface area (Å²) < 4.78 is 26.8. The second-order valence-corrected chi connectivity index (χ2v) is 11.8. The van der Waals surface area contributed by atoms with E-state index in [0.717, 1.165) is 36.8 Å². The first-order valence-corrected chi connectivity index (χ1v) is 14.3. The zero-order valence-corrected chi connectivity index (χ0v) is 22.5. The van der Waals surface area contributed by atoms with Crippen LogP contribution in [0, 0.1) is 6.92 Å². The minimum Gasteiger partial charge on any atom is -0.352 e. The molecule has 3 rings (SSSR count). The summed E-state index contributed by atoms with van der Waals surface area (Å²) in [5.74, 6) is -0.292. The van der Waals surface area contributed by atoms with Gasteiger partial charge in [-0.05, 0) is 50.8 Å². The number of nitrogens with zero attached hydrogens (tertiary/aromatic N) is 2. The lowest BCUT2D eigenvalue weighted by molar-refractivity contribution is -0.141. The highest BCUT2D eigenvalue weighted by Gasteiger charge is 2.28. The lowest BCUT2D eigenvalue weighted by atomic mass is 9.95. The number of aryl methyl sites for hydroxylation is 1. The maximum atomic E-state index is 13.3. The maximum Gasteiger partial charge on any atom is 0.242 e. The Kier molecular flexibility index (Phi) is 10.1. The first-order chi connectivity index (χ1) is 17.2. The van der Waals surface area contributed by atoms with Gasteiger partial charge in [0, 0.05) is 32.6 Å². The van der Waals surface area contributed by atoms with Crippen LogP contribution < -0.4 is 5.32 Å². The number of carbonyl (C=O) groups excluding carboxylic acids is 2. The Morgan fingerprint density at radius 2 is 1.72 bits per heavy atom. The largest absolute Gasteiger partial charge is 0.352 e. The molecule has 0 unspecified atom stereocenters. The lowest BCUT2D eigenvalue weighted by Gasteiger charge is -2.31. The molecule has 0 aliphatic heterocycles. The SMILES string of the molecule is Cc1cccc(CN(C(=O)CCCN(C)S(=O)(=O)c2ccccc2)[C@H](C)C(=O)NC2CCCCC2)c1. The van der Waals surface area contributed by atoms with Crippen molar-refractivity contribution in [2.24, 2.45) is 0 Å². The molecule has 1 aliphatic rings. The highest BCUT2D eigenvalue weighted by atomic mass is 32.2. The van der Waals surface area contributed by atoms with Crippen molar-refractivity contribution in [2.75, 3.05) is 13.6 Å². The number of hydrogen-bond acceptors (Lipinski definition) is 4. The van der Waals surface area contributed by atoms with Crippen molar-refractivity contribution in [1.82, 2.24) is 14.5 Å². The molecule has 1 N–H and O–H groups in total. The molecule has 0 heterocycles. The Morgan fingerprint density at radius 3 is 2.39 bits per heavy atom. The number of rotatable bonds is 11. The Morgan fingerprint density at radius 1 is 1.03 bits per heavy atom. The molecule has 0 bridgehead atoms. The van der Waals surface area contributed by atoms with Crippen LogP contribution in [-0.2, 0) is 26.2 Å². The van der Waals surface area contributed by atoms with E-state index in [4.69, 9.17) is 0 Å². The minimum atomic E-state index is -3.61. The van der Waals surface area contributed by atoms with Crippen molar-refractivity contribution >= 4 is 21.8 Å². The summed E-state index contributed by atoms with van der Waals surface area (Å²) in [4.78, 5) is 28.3. The van der Waals surface area contributed by atoms with E-state index in [9.17, 15) is 18.0 Å². The summed E-state index contributed by atoms with van der Waals surface area (Å²) in [6, 6.07) is 15.7. The monoisotopic (exact) mass is 513 g/mol. The van der Waals surface area contributed by atoms with Crippen LogP contribution in [0.2, 0.25) is 0 Å². The molecule has 0 spiro atoms. The van der Waals surface area contributed by atoms with Crippen LogP contribution in [0.5, 0.6) is 0 Å². The number of benzene rings is 2. The molecular formula is C28H39N3O4S. The highest BCUT2D eigenvalue weighted by molar-refractivity contribution is 7.89. The van der Waals surface area contributed by atoms with Crippen molar-refractivity contribution in [1.29, 1.82) is 0 Å². The molecule has 0 radical (unpaired) electrons. The van der Waals surface area contributed by atoms with Crippen LogP contribution in [0.4, 0.5) is 0 Å². The Labute approximate surface area is 215 Å². The molecule has 2 amide bonds. The molecule has 0 aromatic heterocycles. The average molecular weight is 514 g/mol. The van der Waals surface area contributed by atoms with Gasteiger partial charge in [0.15, 0.2) is 0 Å². The average Bonchev–Trinajstić information content (AvgIpc) is 2.87.